The third-order valence-corrected chi connectivity index (χ3v) is 5.92. The molecule has 1 saturated heterocycles. The summed E-state index contributed by atoms with van der Waals surface area (Å²) in [7, 11) is 0. The molecule has 2 nitrogen and oxygen atoms in total. The highest BCUT2D eigenvalue weighted by Crippen LogP contribution is 2.66. The second kappa shape index (κ2) is 3.08. The lowest BCUT2D eigenvalue weighted by Crippen LogP contribution is -2.70. The number of rotatable bonds is 2. The fraction of sp³-hybridized carbons (Fsp3) is 1.00. The van der Waals surface area contributed by atoms with Crippen molar-refractivity contribution in [1.29, 1.82) is 0 Å². The van der Waals surface area contributed by atoms with Crippen LogP contribution in [0, 0.1) is 16.7 Å². The van der Waals surface area contributed by atoms with Crippen molar-refractivity contribution in [1.82, 2.24) is 10.6 Å². The zero-order valence-electron chi connectivity index (χ0n) is 11.3. The van der Waals surface area contributed by atoms with E-state index in [0.29, 0.717) is 16.4 Å². The quantitative estimate of drug-likeness (QED) is 0.766. The average molecular weight is 234 g/mol. The lowest BCUT2D eigenvalue weighted by molar-refractivity contribution is -0.122. The van der Waals surface area contributed by atoms with Crippen LogP contribution >= 0.6 is 0 Å². The third kappa shape index (κ3) is 1.60. The van der Waals surface area contributed by atoms with E-state index in [9.17, 15) is 0 Å². The fourth-order valence-electron chi connectivity index (χ4n) is 6.43. The molecule has 1 aliphatic heterocycles. The van der Waals surface area contributed by atoms with Gasteiger partial charge in [-0.25, -0.2) is 0 Å². The largest absolute Gasteiger partial charge is 0.314 e. The molecule has 17 heavy (non-hydrogen) atoms. The zero-order chi connectivity index (χ0) is 11.7. The summed E-state index contributed by atoms with van der Waals surface area (Å²) in [5.41, 5.74) is 1.81. The molecule has 0 spiro atoms. The lowest BCUT2D eigenvalue weighted by Gasteiger charge is -2.66. The van der Waals surface area contributed by atoms with Gasteiger partial charge in [0.2, 0.25) is 0 Å². The van der Waals surface area contributed by atoms with Crippen LogP contribution in [0.4, 0.5) is 0 Å². The van der Waals surface area contributed by atoms with Gasteiger partial charge < -0.3 is 10.6 Å². The SMILES string of the molecule is CC12CC3CC(C)(C1)CC(NC1CNC1)(C3)C2. The highest BCUT2D eigenvalue weighted by atomic mass is 15.1. The van der Waals surface area contributed by atoms with E-state index in [0.717, 1.165) is 12.0 Å². The minimum atomic E-state index is 0.510. The van der Waals surface area contributed by atoms with Crippen molar-refractivity contribution in [3.05, 3.63) is 0 Å². The molecule has 2 atom stereocenters. The Balaban J connectivity index is 1.63. The Morgan fingerprint density at radius 2 is 1.59 bits per heavy atom. The van der Waals surface area contributed by atoms with Crippen molar-refractivity contribution in [3.8, 4) is 0 Å². The van der Waals surface area contributed by atoms with Crippen molar-refractivity contribution in [2.45, 2.75) is 64.0 Å². The molecule has 0 aromatic heterocycles. The number of hydrogen-bond donors (Lipinski definition) is 2. The first-order valence-electron chi connectivity index (χ1n) is 7.47. The molecule has 2 heteroatoms. The summed E-state index contributed by atoms with van der Waals surface area (Å²) in [5, 5.41) is 7.45. The fourth-order valence-corrected chi connectivity index (χ4v) is 6.43. The molecule has 5 aliphatic rings. The van der Waals surface area contributed by atoms with Crippen LogP contribution < -0.4 is 10.6 Å². The highest BCUT2D eigenvalue weighted by Gasteiger charge is 2.60. The first kappa shape index (κ1) is 10.8. The van der Waals surface area contributed by atoms with E-state index in [1.807, 2.05) is 0 Å². The summed E-state index contributed by atoms with van der Waals surface area (Å²) in [4.78, 5) is 0. The maximum Gasteiger partial charge on any atom is 0.0322 e. The van der Waals surface area contributed by atoms with E-state index in [2.05, 4.69) is 24.5 Å². The molecular formula is C15H26N2. The first-order valence-corrected chi connectivity index (χ1v) is 7.47. The summed E-state index contributed by atoms with van der Waals surface area (Å²) in [6, 6.07) is 0.762. The van der Waals surface area contributed by atoms with Gasteiger partial charge in [0.15, 0.2) is 0 Å². The zero-order valence-corrected chi connectivity index (χ0v) is 11.3. The van der Waals surface area contributed by atoms with Gasteiger partial charge >= 0.3 is 0 Å². The standard InChI is InChI=1S/C15H26N2/c1-13-3-11-4-14(2,8-13)10-15(5-11,9-13)17-12-6-16-7-12/h11-12,16-17H,3-10H2,1-2H3. The molecule has 0 radical (unpaired) electrons. The molecule has 2 unspecified atom stereocenters. The van der Waals surface area contributed by atoms with Crippen LogP contribution in [0.1, 0.15) is 52.4 Å². The molecule has 0 aromatic rings. The van der Waals surface area contributed by atoms with E-state index in [1.54, 1.807) is 0 Å². The Hall–Kier alpha value is -0.0800. The maximum atomic E-state index is 4.05. The monoisotopic (exact) mass is 234 g/mol. The molecule has 5 fully saturated rings. The van der Waals surface area contributed by atoms with Crippen molar-refractivity contribution >= 4 is 0 Å². The van der Waals surface area contributed by atoms with Gasteiger partial charge in [-0.15, -0.1) is 0 Å². The van der Waals surface area contributed by atoms with Crippen LogP contribution in [0.3, 0.4) is 0 Å². The summed E-state index contributed by atoms with van der Waals surface area (Å²) >= 11 is 0. The summed E-state index contributed by atoms with van der Waals surface area (Å²) in [5.74, 6) is 1.02. The van der Waals surface area contributed by atoms with E-state index in [1.165, 1.54) is 51.6 Å². The van der Waals surface area contributed by atoms with Gasteiger partial charge in [-0.2, -0.15) is 0 Å². The molecule has 1 heterocycles. The average Bonchev–Trinajstić information content (AvgIpc) is 2.05. The second-order valence-electron chi connectivity index (χ2n) is 8.41. The van der Waals surface area contributed by atoms with Crippen molar-refractivity contribution in [2.24, 2.45) is 16.7 Å². The van der Waals surface area contributed by atoms with Crippen LogP contribution in [0.15, 0.2) is 0 Å². The Bertz CT molecular complexity index is 329. The van der Waals surface area contributed by atoms with Gasteiger partial charge in [0, 0.05) is 24.7 Å². The van der Waals surface area contributed by atoms with Gasteiger partial charge in [0.25, 0.3) is 0 Å². The molecule has 0 aromatic carbocycles. The van der Waals surface area contributed by atoms with E-state index >= 15 is 0 Å². The predicted octanol–water partition coefficient (Wildman–Crippen LogP) is 2.30. The molecule has 0 amide bonds. The molecule has 96 valence electrons. The Morgan fingerprint density at radius 3 is 2.06 bits per heavy atom. The van der Waals surface area contributed by atoms with Crippen molar-refractivity contribution in [2.75, 3.05) is 13.1 Å². The van der Waals surface area contributed by atoms with E-state index < -0.39 is 0 Å². The van der Waals surface area contributed by atoms with Gasteiger partial charge in [0.05, 0.1) is 0 Å². The maximum absolute atomic E-state index is 4.05. The Labute approximate surface area is 105 Å². The summed E-state index contributed by atoms with van der Waals surface area (Å²) in [6.45, 7) is 7.51. The molecular weight excluding hydrogens is 208 g/mol. The van der Waals surface area contributed by atoms with Gasteiger partial charge in [0.1, 0.15) is 0 Å². The number of nitrogens with one attached hydrogen (secondary N) is 2. The van der Waals surface area contributed by atoms with Crippen LogP contribution in [0.5, 0.6) is 0 Å². The normalized spacial score (nSPS) is 57.2. The van der Waals surface area contributed by atoms with Crippen LogP contribution in [-0.4, -0.2) is 24.7 Å². The summed E-state index contributed by atoms with van der Waals surface area (Å²) in [6.07, 6.45) is 8.87. The van der Waals surface area contributed by atoms with Gasteiger partial charge in [-0.1, -0.05) is 13.8 Å². The lowest BCUT2D eigenvalue weighted by atomic mass is 9.42. The molecule has 4 saturated carbocycles. The molecule has 4 aliphatic carbocycles. The topological polar surface area (TPSA) is 24.1 Å². The second-order valence-corrected chi connectivity index (χ2v) is 8.41. The molecule has 2 N–H and O–H groups in total. The van der Waals surface area contributed by atoms with Crippen LogP contribution in [0.25, 0.3) is 0 Å². The Kier molecular flexibility index (Phi) is 1.96. The smallest absolute Gasteiger partial charge is 0.0322 e. The number of hydrogen-bond acceptors (Lipinski definition) is 2. The van der Waals surface area contributed by atoms with Gasteiger partial charge in [-0.05, 0) is 55.3 Å². The van der Waals surface area contributed by atoms with E-state index in [4.69, 9.17) is 0 Å². The van der Waals surface area contributed by atoms with Crippen LogP contribution in [-0.2, 0) is 0 Å². The van der Waals surface area contributed by atoms with Crippen molar-refractivity contribution in [3.63, 3.8) is 0 Å². The summed E-state index contributed by atoms with van der Waals surface area (Å²) < 4.78 is 0. The minimum Gasteiger partial charge on any atom is -0.314 e. The Morgan fingerprint density at radius 1 is 0.941 bits per heavy atom. The van der Waals surface area contributed by atoms with Gasteiger partial charge in [-0.3, -0.25) is 0 Å². The minimum absolute atomic E-state index is 0.510. The highest BCUT2D eigenvalue weighted by molar-refractivity contribution is 5.15. The predicted molar refractivity (Wildman–Crippen MR) is 69.9 cm³/mol. The van der Waals surface area contributed by atoms with E-state index in [-0.39, 0.29) is 0 Å². The first-order chi connectivity index (χ1) is 7.99. The van der Waals surface area contributed by atoms with Crippen LogP contribution in [0.2, 0.25) is 0 Å². The van der Waals surface area contributed by atoms with Crippen molar-refractivity contribution < 1.29 is 0 Å². The molecule has 4 bridgehead atoms. The molecule has 5 rings (SSSR count). The third-order valence-electron chi connectivity index (χ3n) is 5.92.